The van der Waals surface area contributed by atoms with Crippen molar-refractivity contribution < 1.29 is 0 Å². The minimum Gasteiger partial charge on any atom is -0.371 e. The van der Waals surface area contributed by atoms with E-state index < -0.39 is 0 Å². The van der Waals surface area contributed by atoms with Crippen molar-refractivity contribution >= 4 is 5.69 Å². The maximum Gasteiger partial charge on any atom is 0.0656 e. The van der Waals surface area contributed by atoms with Gasteiger partial charge in [-0.2, -0.15) is 5.26 Å². The van der Waals surface area contributed by atoms with Crippen molar-refractivity contribution in [2.75, 3.05) is 31.1 Å². The first-order valence-corrected chi connectivity index (χ1v) is 9.30. The third kappa shape index (κ3) is 3.10. The number of hydrogen-bond donors (Lipinski definition) is 0. The van der Waals surface area contributed by atoms with Crippen LogP contribution in [0.15, 0.2) is 24.3 Å². The molecule has 0 spiro atoms. The number of rotatable bonds is 3. The number of nitriles is 1. The second-order valence-electron chi connectivity index (χ2n) is 7.60. The molecule has 0 unspecified atom stereocenters. The van der Waals surface area contributed by atoms with E-state index in [1.165, 1.54) is 63.1 Å². The van der Waals surface area contributed by atoms with Crippen LogP contribution < -0.4 is 4.90 Å². The molecule has 2 fully saturated rings. The van der Waals surface area contributed by atoms with Crippen molar-refractivity contribution in [2.24, 2.45) is 11.8 Å². The Kier molecular flexibility index (Phi) is 4.27. The van der Waals surface area contributed by atoms with Gasteiger partial charge in [-0.05, 0) is 69.2 Å². The number of hydrogen-bond acceptors (Lipinski definition) is 3. The van der Waals surface area contributed by atoms with Crippen LogP contribution in [0.5, 0.6) is 0 Å². The molecule has 122 valence electrons. The van der Waals surface area contributed by atoms with Crippen LogP contribution in [0, 0.1) is 23.2 Å². The highest BCUT2D eigenvalue weighted by molar-refractivity contribution is 5.57. The third-order valence-corrected chi connectivity index (χ3v) is 6.21. The summed E-state index contributed by atoms with van der Waals surface area (Å²) < 4.78 is 0. The topological polar surface area (TPSA) is 30.3 Å². The third-order valence-electron chi connectivity index (χ3n) is 6.21. The molecule has 1 saturated carbocycles. The van der Waals surface area contributed by atoms with E-state index in [9.17, 15) is 0 Å². The minimum absolute atomic E-state index is 0.318. The molecule has 0 amide bonds. The molecule has 1 saturated heterocycles. The summed E-state index contributed by atoms with van der Waals surface area (Å²) in [5.41, 5.74) is 3.00. The van der Waals surface area contributed by atoms with E-state index in [0.29, 0.717) is 12.0 Å². The predicted octanol–water partition coefficient (Wildman–Crippen LogP) is 3.45. The average Bonchev–Trinajstić information content (AvgIpc) is 3.23. The summed E-state index contributed by atoms with van der Waals surface area (Å²) in [6.07, 6.45) is 7.33. The van der Waals surface area contributed by atoms with Gasteiger partial charge >= 0.3 is 0 Å². The van der Waals surface area contributed by atoms with Crippen molar-refractivity contribution in [1.82, 2.24) is 4.90 Å². The number of anilines is 1. The standard InChI is InChI=1S/C20H27N3/c21-14-17-5-6-19(13-17)22-10-7-16(8-11-22)15-23-12-9-18-3-1-2-4-20(18)23/h1-4,16-17,19H,5-13,15H2/t17-,19+/m1/s1. The molecule has 0 radical (unpaired) electrons. The Morgan fingerprint density at radius 3 is 2.65 bits per heavy atom. The first-order chi connectivity index (χ1) is 11.3. The van der Waals surface area contributed by atoms with Crippen LogP contribution in [0.2, 0.25) is 0 Å². The molecule has 0 N–H and O–H groups in total. The maximum atomic E-state index is 9.09. The molecule has 2 atom stereocenters. The van der Waals surface area contributed by atoms with Crippen molar-refractivity contribution in [2.45, 2.75) is 44.6 Å². The Morgan fingerprint density at radius 2 is 1.87 bits per heavy atom. The zero-order chi connectivity index (χ0) is 15.6. The molecule has 0 aromatic heterocycles. The normalized spacial score (nSPS) is 28.7. The molecule has 3 nitrogen and oxygen atoms in total. The first kappa shape index (κ1) is 15.0. The summed E-state index contributed by atoms with van der Waals surface area (Å²) in [6.45, 7) is 4.91. The molecule has 0 bridgehead atoms. The molecular formula is C20H27N3. The molecule has 1 aromatic rings. The van der Waals surface area contributed by atoms with E-state index in [2.05, 4.69) is 40.1 Å². The van der Waals surface area contributed by atoms with Gasteiger partial charge in [-0.1, -0.05) is 18.2 Å². The molecule has 4 rings (SSSR count). The predicted molar refractivity (Wildman–Crippen MR) is 93.4 cm³/mol. The Morgan fingerprint density at radius 1 is 1.04 bits per heavy atom. The summed E-state index contributed by atoms with van der Waals surface area (Å²) >= 11 is 0. The van der Waals surface area contributed by atoms with E-state index in [-0.39, 0.29) is 0 Å². The van der Waals surface area contributed by atoms with E-state index >= 15 is 0 Å². The number of para-hydroxylation sites is 1. The van der Waals surface area contributed by atoms with Crippen LogP contribution in [0.4, 0.5) is 5.69 Å². The van der Waals surface area contributed by atoms with Crippen molar-refractivity contribution in [1.29, 1.82) is 5.26 Å². The molecule has 23 heavy (non-hydrogen) atoms. The Hall–Kier alpha value is -1.53. The summed E-state index contributed by atoms with van der Waals surface area (Å²) in [4.78, 5) is 5.28. The molecule has 1 aromatic carbocycles. The lowest BCUT2D eigenvalue weighted by molar-refractivity contribution is 0.134. The highest BCUT2D eigenvalue weighted by atomic mass is 15.2. The van der Waals surface area contributed by atoms with E-state index in [1.54, 1.807) is 0 Å². The van der Waals surface area contributed by atoms with Crippen LogP contribution in [0.1, 0.15) is 37.7 Å². The number of fused-ring (bicyclic) bond motifs is 1. The zero-order valence-corrected chi connectivity index (χ0v) is 14.0. The van der Waals surface area contributed by atoms with Crippen LogP contribution in [0.3, 0.4) is 0 Å². The zero-order valence-electron chi connectivity index (χ0n) is 14.0. The van der Waals surface area contributed by atoms with Gasteiger partial charge in [-0.15, -0.1) is 0 Å². The fourth-order valence-electron chi connectivity index (χ4n) is 4.82. The highest BCUT2D eigenvalue weighted by Crippen LogP contribution is 2.33. The van der Waals surface area contributed by atoms with Crippen molar-refractivity contribution in [3.63, 3.8) is 0 Å². The maximum absolute atomic E-state index is 9.09. The lowest BCUT2D eigenvalue weighted by atomic mass is 9.94. The molecule has 3 heteroatoms. The van der Waals surface area contributed by atoms with Crippen molar-refractivity contribution in [3.8, 4) is 6.07 Å². The van der Waals surface area contributed by atoms with Crippen molar-refractivity contribution in [3.05, 3.63) is 29.8 Å². The SMILES string of the molecule is N#C[C@@H]1CC[C@H](N2CCC(CN3CCc4ccccc43)CC2)C1. The van der Waals surface area contributed by atoms with E-state index in [1.807, 2.05) is 0 Å². The fraction of sp³-hybridized carbons (Fsp3) is 0.650. The molecule has 2 heterocycles. The summed E-state index contributed by atoms with van der Waals surface area (Å²) in [5, 5.41) is 9.09. The van der Waals surface area contributed by atoms with Gasteiger partial charge in [-0.25, -0.2) is 0 Å². The first-order valence-electron chi connectivity index (χ1n) is 9.30. The highest BCUT2D eigenvalue weighted by Gasteiger charge is 2.32. The van der Waals surface area contributed by atoms with Crippen LogP contribution in [-0.4, -0.2) is 37.1 Å². The van der Waals surface area contributed by atoms with Gasteiger partial charge in [0.05, 0.1) is 6.07 Å². The van der Waals surface area contributed by atoms with Crippen LogP contribution in [-0.2, 0) is 6.42 Å². The number of likely N-dealkylation sites (tertiary alicyclic amines) is 1. The van der Waals surface area contributed by atoms with Gasteiger partial charge in [0.15, 0.2) is 0 Å². The minimum atomic E-state index is 0.318. The summed E-state index contributed by atoms with van der Waals surface area (Å²) in [6, 6.07) is 12.1. The fourth-order valence-corrected chi connectivity index (χ4v) is 4.82. The van der Waals surface area contributed by atoms with Gasteiger partial charge in [0.1, 0.15) is 0 Å². The lowest BCUT2D eigenvalue weighted by Gasteiger charge is -2.37. The van der Waals surface area contributed by atoms with Gasteiger partial charge in [-0.3, -0.25) is 0 Å². The Bertz CT molecular complexity index is 583. The molecule has 2 aliphatic heterocycles. The average molecular weight is 309 g/mol. The summed E-state index contributed by atoms with van der Waals surface area (Å²) in [7, 11) is 0. The van der Waals surface area contributed by atoms with Crippen LogP contribution >= 0.6 is 0 Å². The lowest BCUT2D eigenvalue weighted by Crippen LogP contribution is -2.42. The molecule has 1 aliphatic carbocycles. The largest absolute Gasteiger partial charge is 0.371 e. The van der Waals surface area contributed by atoms with Gasteiger partial charge in [0, 0.05) is 30.7 Å². The molecule has 3 aliphatic rings. The van der Waals surface area contributed by atoms with E-state index in [0.717, 1.165) is 18.8 Å². The monoisotopic (exact) mass is 309 g/mol. The second kappa shape index (κ2) is 6.53. The Balaban J connectivity index is 1.29. The second-order valence-corrected chi connectivity index (χ2v) is 7.60. The quantitative estimate of drug-likeness (QED) is 0.856. The van der Waals surface area contributed by atoms with Gasteiger partial charge in [0.2, 0.25) is 0 Å². The Labute approximate surface area is 139 Å². The van der Waals surface area contributed by atoms with Crippen LogP contribution in [0.25, 0.3) is 0 Å². The summed E-state index contributed by atoms with van der Waals surface area (Å²) in [5.74, 6) is 1.16. The smallest absolute Gasteiger partial charge is 0.0656 e. The number of nitrogens with zero attached hydrogens (tertiary/aromatic N) is 3. The van der Waals surface area contributed by atoms with Gasteiger partial charge in [0.25, 0.3) is 0 Å². The number of piperidine rings is 1. The van der Waals surface area contributed by atoms with E-state index in [4.69, 9.17) is 5.26 Å². The molecular weight excluding hydrogens is 282 g/mol. The van der Waals surface area contributed by atoms with Gasteiger partial charge < -0.3 is 9.80 Å². The number of benzene rings is 1.